The Labute approximate surface area is 165 Å². The van der Waals surface area contributed by atoms with Crippen molar-refractivity contribution < 1.29 is 14.3 Å². The minimum Gasteiger partial charge on any atom is -0.460 e. The van der Waals surface area contributed by atoms with Gasteiger partial charge in [0.2, 0.25) is 0 Å². The van der Waals surface area contributed by atoms with Crippen molar-refractivity contribution in [2.75, 3.05) is 0 Å². The lowest BCUT2D eigenvalue weighted by Crippen LogP contribution is -2.39. The van der Waals surface area contributed by atoms with Gasteiger partial charge in [0.15, 0.2) is 5.78 Å². The second kappa shape index (κ2) is 7.16. The van der Waals surface area contributed by atoms with Crippen LogP contribution in [0.4, 0.5) is 0 Å². The number of halogens is 1. The third-order valence-electron chi connectivity index (χ3n) is 5.01. The van der Waals surface area contributed by atoms with Gasteiger partial charge in [-0.2, -0.15) is 0 Å². The maximum Gasteiger partial charge on any atom is 0.337 e. The van der Waals surface area contributed by atoms with Gasteiger partial charge in [-0.05, 0) is 50.3 Å². The maximum absolute atomic E-state index is 13.1. The second-order valence-corrected chi connectivity index (χ2v) is 8.87. The van der Waals surface area contributed by atoms with E-state index in [2.05, 4.69) is 19.2 Å². The molecule has 1 N–H and O–H groups in total. The fourth-order valence-electron chi connectivity index (χ4n) is 3.97. The van der Waals surface area contributed by atoms with Crippen LogP contribution in [0.1, 0.15) is 58.9 Å². The van der Waals surface area contributed by atoms with Crippen molar-refractivity contribution in [3.05, 3.63) is 57.4 Å². The molecule has 0 amide bonds. The summed E-state index contributed by atoms with van der Waals surface area (Å²) in [6.07, 6.45) is 0.991. The highest BCUT2D eigenvalue weighted by molar-refractivity contribution is 6.30. The van der Waals surface area contributed by atoms with Crippen LogP contribution >= 0.6 is 11.6 Å². The smallest absolute Gasteiger partial charge is 0.337 e. The van der Waals surface area contributed by atoms with Crippen LogP contribution in [0.3, 0.4) is 0 Å². The highest BCUT2D eigenvalue weighted by Gasteiger charge is 2.43. The lowest BCUT2D eigenvalue weighted by atomic mass is 9.68. The van der Waals surface area contributed by atoms with E-state index in [1.807, 2.05) is 32.9 Å². The predicted octanol–water partition coefficient (Wildman–Crippen LogP) is 4.90. The van der Waals surface area contributed by atoms with Crippen molar-refractivity contribution in [2.45, 2.75) is 59.5 Å². The van der Waals surface area contributed by atoms with Gasteiger partial charge in [-0.1, -0.05) is 37.6 Å². The minimum absolute atomic E-state index is 0.0797. The topological polar surface area (TPSA) is 55.4 Å². The molecule has 1 atom stereocenters. The van der Waals surface area contributed by atoms with E-state index in [1.54, 1.807) is 12.1 Å². The molecule has 0 radical (unpaired) electrons. The summed E-state index contributed by atoms with van der Waals surface area (Å²) in [5.41, 5.74) is 3.59. The molecule has 1 aromatic rings. The third kappa shape index (κ3) is 3.96. The fourth-order valence-corrected chi connectivity index (χ4v) is 4.10. The molecule has 5 heteroatoms. The molecule has 1 heterocycles. The Morgan fingerprint density at radius 2 is 1.85 bits per heavy atom. The second-order valence-electron chi connectivity index (χ2n) is 8.44. The molecule has 1 aliphatic carbocycles. The summed E-state index contributed by atoms with van der Waals surface area (Å²) in [6.45, 7) is 9.70. The van der Waals surface area contributed by atoms with Crippen molar-refractivity contribution in [1.29, 1.82) is 0 Å². The molecule has 0 bridgehead atoms. The van der Waals surface area contributed by atoms with Crippen LogP contribution in [0.2, 0.25) is 5.02 Å². The van der Waals surface area contributed by atoms with Crippen molar-refractivity contribution in [3.8, 4) is 0 Å². The molecule has 0 fully saturated rings. The number of carbonyl (C=O) groups excluding carboxylic acids is 2. The zero-order valence-corrected chi connectivity index (χ0v) is 17.2. The molecule has 144 valence electrons. The quantitative estimate of drug-likeness (QED) is 0.750. The average Bonchev–Trinajstić information content (AvgIpc) is 2.52. The van der Waals surface area contributed by atoms with Crippen LogP contribution in [0.25, 0.3) is 0 Å². The van der Waals surface area contributed by atoms with E-state index in [0.717, 1.165) is 23.4 Å². The Balaban J connectivity index is 2.15. The summed E-state index contributed by atoms with van der Waals surface area (Å²) in [7, 11) is 0. The Morgan fingerprint density at radius 3 is 2.44 bits per heavy atom. The molecule has 1 aliphatic heterocycles. The molecular weight excluding hydrogens is 362 g/mol. The van der Waals surface area contributed by atoms with Gasteiger partial charge in [0.25, 0.3) is 0 Å². The third-order valence-corrected chi connectivity index (χ3v) is 5.26. The van der Waals surface area contributed by atoms with Gasteiger partial charge >= 0.3 is 5.97 Å². The number of benzene rings is 1. The van der Waals surface area contributed by atoms with Gasteiger partial charge in [-0.3, -0.25) is 4.79 Å². The summed E-state index contributed by atoms with van der Waals surface area (Å²) in [5.74, 6) is -0.747. The Kier molecular flexibility index (Phi) is 5.22. The van der Waals surface area contributed by atoms with Crippen LogP contribution < -0.4 is 5.32 Å². The van der Waals surface area contributed by atoms with E-state index in [4.69, 9.17) is 16.3 Å². The number of ether oxygens (including phenoxy) is 1. The molecule has 2 aliphatic rings. The minimum atomic E-state index is -0.437. The summed E-state index contributed by atoms with van der Waals surface area (Å²) in [5, 5.41) is 3.95. The van der Waals surface area contributed by atoms with Gasteiger partial charge in [0.1, 0.15) is 0 Å². The Hall–Kier alpha value is -2.07. The molecule has 0 unspecified atom stereocenters. The van der Waals surface area contributed by atoms with Gasteiger partial charge in [0.05, 0.1) is 11.7 Å². The number of hydrogen-bond donors (Lipinski definition) is 1. The SMILES string of the molecule is CC1=C(C(=O)OC(C)C)[C@@H](c2ccc(Cl)cc2)C2=C(CC(C)(C)CC2=O)N1. The van der Waals surface area contributed by atoms with E-state index in [9.17, 15) is 9.59 Å². The van der Waals surface area contributed by atoms with Crippen LogP contribution in [-0.4, -0.2) is 17.9 Å². The van der Waals surface area contributed by atoms with E-state index in [0.29, 0.717) is 22.6 Å². The molecule has 0 aromatic heterocycles. The number of esters is 1. The van der Waals surface area contributed by atoms with E-state index < -0.39 is 5.92 Å². The lowest BCUT2D eigenvalue weighted by molar-refractivity contribution is -0.143. The number of carbonyl (C=O) groups is 2. The summed E-state index contributed by atoms with van der Waals surface area (Å²) in [6, 6.07) is 7.34. The highest BCUT2D eigenvalue weighted by Crippen LogP contribution is 2.46. The normalized spacial score (nSPS) is 21.9. The number of nitrogens with one attached hydrogen (secondary N) is 1. The first-order valence-electron chi connectivity index (χ1n) is 9.29. The van der Waals surface area contributed by atoms with Crippen LogP contribution in [0.5, 0.6) is 0 Å². The Bertz CT molecular complexity index is 847. The van der Waals surface area contributed by atoms with Gasteiger partial charge in [-0.25, -0.2) is 4.79 Å². The fraction of sp³-hybridized carbons (Fsp3) is 0.455. The predicted molar refractivity (Wildman–Crippen MR) is 106 cm³/mol. The number of allylic oxidation sites excluding steroid dienone is 3. The number of dihydropyridines is 1. The number of hydrogen-bond acceptors (Lipinski definition) is 4. The monoisotopic (exact) mass is 387 g/mol. The summed E-state index contributed by atoms with van der Waals surface area (Å²) < 4.78 is 5.49. The van der Waals surface area contributed by atoms with Crippen molar-refractivity contribution >= 4 is 23.4 Å². The molecule has 4 nitrogen and oxygen atoms in total. The number of rotatable bonds is 3. The van der Waals surface area contributed by atoms with Gasteiger partial charge in [0, 0.05) is 34.3 Å². The first kappa shape index (κ1) is 19.7. The molecule has 0 saturated heterocycles. The van der Waals surface area contributed by atoms with Crippen LogP contribution in [0, 0.1) is 5.41 Å². The number of ketones is 1. The van der Waals surface area contributed by atoms with Crippen molar-refractivity contribution in [1.82, 2.24) is 5.32 Å². The van der Waals surface area contributed by atoms with Crippen LogP contribution in [-0.2, 0) is 14.3 Å². The number of Topliss-reactive ketones (excluding diaryl/α,β-unsaturated/α-hetero) is 1. The molecule has 0 spiro atoms. The molecule has 0 saturated carbocycles. The average molecular weight is 388 g/mol. The van der Waals surface area contributed by atoms with Crippen molar-refractivity contribution in [2.24, 2.45) is 5.41 Å². The van der Waals surface area contributed by atoms with Gasteiger partial charge in [-0.15, -0.1) is 0 Å². The lowest BCUT2D eigenvalue weighted by Gasteiger charge is -2.39. The van der Waals surface area contributed by atoms with Crippen LogP contribution in [0.15, 0.2) is 46.8 Å². The standard InChI is InChI=1S/C22H26ClNO3/c1-12(2)27-21(26)18-13(3)24-16-10-22(4,5)11-17(25)20(16)19(18)14-6-8-15(23)9-7-14/h6-9,12,19,24H,10-11H2,1-5H3/t19-/m1/s1. The van der Waals surface area contributed by atoms with E-state index in [-0.39, 0.29) is 23.3 Å². The largest absolute Gasteiger partial charge is 0.460 e. The molecule has 3 rings (SSSR count). The van der Waals surface area contributed by atoms with E-state index in [1.165, 1.54) is 0 Å². The summed E-state index contributed by atoms with van der Waals surface area (Å²) >= 11 is 6.06. The molecular formula is C22H26ClNO3. The van der Waals surface area contributed by atoms with Gasteiger partial charge < -0.3 is 10.1 Å². The molecule has 27 heavy (non-hydrogen) atoms. The molecule has 1 aromatic carbocycles. The first-order valence-corrected chi connectivity index (χ1v) is 9.67. The highest BCUT2D eigenvalue weighted by atomic mass is 35.5. The maximum atomic E-state index is 13.1. The first-order chi connectivity index (χ1) is 12.6. The zero-order chi connectivity index (χ0) is 19.9. The zero-order valence-electron chi connectivity index (χ0n) is 16.5. The summed E-state index contributed by atoms with van der Waals surface area (Å²) in [4.78, 5) is 26.0. The van der Waals surface area contributed by atoms with E-state index >= 15 is 0 Å². The van der Waals surface area contributed by atoms with Crippen molar-refractivity contribution in [3.63, 3.8) is 0 Å². The Morgan fingerprint density at radius 1 is 1.22 bits per heavy atom.